The van der Waals surface area contributed by atoms with Crippen LogP contribution >= 0.6 is 0 Å². The van der Waals surface area contributed by atoms with Crippen molar-refractivity contribution in [2.75, 3.05) is 11.9 Å². The molecule has 8 nitrogen and oxygen atoms in total. The number of hydrogen-bond acceptors (Lipinski definition) is 5. The molecule has 2 rings (SSSR count). The summed E-state index contributed by atoms with van der Waals surface area (Å²) in [6.45, 7) is 13.9. The van der Waals surface area contributed by atoms with Crippen molar-refractivity contribution in [3.63, 3.8) is 0 Å². The van der Waals surface area contributed by atoms with E-state index in [2.05, 4.69) is 10.6 Å². The Bertz CT molecular complexity index is 1110. The fraction of sp³-hybridized carbons (Fsp3) is 0.483. The highest BCUT2D eigenvalue weighted by Crippen LogP contribution is 2.33. The molecule has 3 amide bonds. The molecular weight excluding hydrogens is 470 g/mol. The fourth-order valence-corrected chi connectivity index (χ4v) is 3.92. The first-order chi connectivity index (χ1) is 17.2. The maximum Gasteiger partial charge on any atom is 0.408 e. The van der Waals surface area contributed by atoms with E-state index in [-0.39, 0.29) is 0 Å². The molecule has 202 valence electrons. The lowest BCUT2D eigenvalue weighted by Crippen LogP contribution is -2.59. The minimum Gasteiger partial charge on any atom is -0.444 e. The van der Waals surface area contributed by atoms with Gasteiger partial charge in [-0.25, -0.2) is 4.79 Å². The van der Waals surface area contributed by atoms with Gasteiger partial charge in [0.2, 0.25) is 5.91 Å². The number of alkyl carbamates (subject to hydrolysis) is 1. The molecular formula is C29H41N3O5. The molecule has 0 aliphatic heterocycles. The normalized spacial score (nSPS) is 13.3. The Kier molecular flexibility index (Phi) is 9.87. The second-order valence-corrected chi connectivity index (χ2v) is 10.9. The molecule has 2 aromatic carbocycles. The van der Waals surface area contributed by atoms with E-state index in [0.29, 0.717) is 17.7 Å². The van der Waals surface area contributed by atoms with Gasteiger partial charge in [-0.2, -0.15) is 0 Å². The van der Waals surface area contributed by atoms with E-state index in [4.69, 9.17) is 4.74 Å². The Morgan fingerprint density at radius 3 is 2.19 bits per heavy atom. The van der Waals surface area contributed by atoms with Gasteiger partial charge in [-0.05, 0) is 72.1 Å². The number of carbonyl (C=O) groups excluding carboxylic acids is 3. The first-order valence-corrected chi connectivity index (χ1v) is 12.6. The summed E-state index contributed by atoms with van der Waals surface area (Å²) in [5.41, 5.74) is 1.47. The van der Waals surface area contributed by atoms with Gasteiger partial charge < -0.3 is 25.4 Å². The molecule has 0 radical (unpaired) electrons. The summed E-state index contributed by atoms with van der Waals surface area (Å²) in [5.74, 6) is -0.990. The maximum absolute atomic E-state index is 14.0. The number of ether oxygens (including phenoxy) is 1. The smallest absolute Gasteiger partial charge is 0.408 e. The lowest BCUT2D eigenvalue weighted by atomic mass is 9.91. The number of hydrogen-bond donors (Lipinski definition) is 3. The zero-order valence-electron chi connectivity index (χ0n) is 23.2. The number of nitrogens with zero attached hydrogens (tertiary/aromatic N) is 1. The van der Waals surface area contributed by atoms with Gasteiger partial charge in [0.05, 0.1) is 6.61 Å². The van der Waals surface area contributed by atoms with Crippen LogP contribution in [0.15, 0.2) is 48.5 Å². The molecule has 3 N–H and O–H groups in total. The van der Waals surface area contributed by atoms with Crippen molar-refractivity contribution >= 4 is 23.6 Å². The molecule has 0 heterocycles. The third-order valence-electron chi connectivity index (χ3n) is 6.19. The molecule has 0 bridgehead atoms. The van der Waals surface area contributed by atoms with E-state index in [9.17, 15) is 19.5 Å². The number of rotatable bonds is 9. The molecule has 37 heavy (non-hydrogen) atoms. The number of para-hydroxylation sites is 1. The zero-order chi connectivity index (χ0) is 28.0. The van der Waals surface area contributed by atoms with Gasteiger partial charge in [0.15, 0.2) is 0 Å². The molecule has 0 saturated heterocycles. The Balaban J connectivity index is 2.59. The Hall–Kier alpha value is -3.39. The second-order valence-electron chi connectivity index (χ2n) is 10.9. The zero-order valence-corrected chi connectivity index (χ0v) is 23.2. The van der Waals surface area contributed by atoms with Crippen molar-refractivity contribution < 1.29 is 24.2 Å². The lowest BCUT2D eigenvalue weighted by molar-refractivity contribution is -0.148. The highest BCUT2D eigenvalue weighted by Gasteiger charge is 2.43. The van der Waals surface area contributed by atoms with Crippen molar-refractivity contribution in [1.82, 2.24) is 10.2 Å². The van der Waals surface area contributed by atoms with Crippen molar-refractivity contribution in [2.24, 2.45) is 0 Å². The summed E-state index contributed by atoms with van der Waals surface area (Å²) >= 11 is 0. The Morgan fingerprint density at radius 1 is 1.00 bits per heavy atom. The first kappa shape index (κ1) is 29.8. The summed E-state index contributed by atoms with van der Waals surface area (Å²) in [5, 5.41) is 15.6. The number of nitrogens with one attached hydrogen (secondary N) is 2. The standard InChI is InChI=1S/C29H41N3O5/c1-9-29(7,8)32(26(35)23(18-33)31-27(36)37-28(4,5)6)24(21-15-12-13-19(2)17-21)25(34)30-22-16-11-10-14-20(22)3/h10-17,23-24,33H,9,18H2,1-8H3,(H,30,34)(H,31,36). The number of amides is 3. The average Bonchev–Trinajstić information content (AvgIpc) is 2.80. The van der Waals surface area contributed by atoms with Crippen molar-refractivity contribution in [3.05, 3.63) is 65.2 Å². The van der Waals surface area contributed by atoms with Crippen LogP contribution in [0.2, 0.25) is 0 Å². The molecule has 0 aromatic heterocycles. The van der Waals surface area contributed by atoms with Crippen LogP contribution in [-0.2, 0) is 14.3 Å². The van der Waals surface area contributed by atoms with E-state index in [1.54, 1.807) is 32.9 Å². The summed E-state index contributed by atoms with van der Waals surface area (Å²) in [7, 11) is 0. The molecule has 8 heteroatoms. The van der Waals surface area contributed by atoms with E-state index in [0.717, 1.165) is 11.1 Å². The number of benzene rings is 2. The van der Waals surface area contributed by atoms with Gasteiger partial charge in [-0.15, -0.1) is 0 Å². The second kappa shape index (κ2) is 12.2. The number of aliphatic hydroxyl groups is 1. The SMILES string of the molecule is CCC(C)(C)N(C(=O)C(CO)NC(=O)OC(C)(C)C)C(C(=O)Nc1ccccc1C)c1cccc(C)c1. The van der Waals surface area contributed by atoms with Crippen LogP contribution in [0, 0.1) is 13.8 Å². The van der Waals surface area contributed by atoms with E-state index >= 15 is 0 Å². The van der Waals surface area contributed by atoms with Gasteiger partial charge in [0.1, 0.15) is 17.7 Å². The quantitative estimate of drug-likeness (QED) is 0.444. The van der Waals surface area contributed by atoms with E-state index in [1.165, 1.54) is 4.90 Å². The van der Waals surface area contributed by atoms with Gasteiger partial charge in [-0.3, -0.25) is 9.59 Å². The molecule has 2 aromatic rings. The van der Waals surface area contributed by atoms with Gasteiger partial charge in [0, 0.05) is 11.2 Å². The molecule has 0 spiro atoms. The summed E-state index contributed by atoms with van der Waals surface area (Å²) in [4.78, 5) is 41.9. The predicted molar refractivity (Wildman–Crippen MR) is 145 cm³/mol. The average molecular weight is 512 g/mol. The van der Waals surface area contributed by atoms with Crippen LogP contribution in [0.25, 0.3) is 0 Å². The maximum atomic E-state index is 14.0. The van der Waals surface area contributed by atoms with Crippen LogP contribution in [0.5, 0.6) is 0 Å². The Morgan fingerprint density at radius 2 is 1.65 bits per heavy atom. The number of aliphatic hydroxyl groups excluding tert-OH is 1. The topological polar surface area (TPSA) is 108 Å². The van der Waals surface area contributed by atoms with Crippen molar-refractivity contribution in [1.29, 1.82) is 0 Å². The predicted octanol–water partition coefficient (Wildman–Crippen LogP) is 4.89. The number of aryl methyl sites for hydroxylation is 2. The van der Waals surface area contributed by atoms with Crippen LogP contribution in [0.4, 0.5) is 10.5 Å². The van der Waals surface area contributed by atoms with Crippen molar-refractivity contribution in [3.8, 4) is 0 Å². The molecule has 2 unspecified atom stereocenters. The van der Waals surface area contributed by atoms with Crippen molar-refractivity contribution in [2.45, 2.75) is 85.0 Å². The number of carbonyl (C=O) groups is 3. The molecule has 0 fully saturated rings. The van der Waals surface area contributed by atoms with Crippen LogP contribution in [0.1, 0.15) is 70.7 Å². The van der Waals surface area contributed by atoms with Gasteiger partial charge in [-0.1, -0.05) is 55.0 Å². The minimum atomic E-state index is -1.31. The molecule has 0 aliphatic carbocycles. The minimum absolute atomic E-state index is 0.399. The first-order valence-electron chi connectivity index (χ1n) is 12.6. The van der Waals surface area contributed by atoms with Gasteiger partial charge >= 0.3 is 6.09 Å². The van der Waals surface area contributed by atoms with E-state index in [1.807, 2.05) is 71.0 Å². The lowest BCUT2D eigenvalue weighted by Gasteiger charge is -2.44. The molecule has 0 aliphatic rings. The van der Waals surface area contributed by atoms with Gasteiger partial charge in [0.25, 0.3) is 5.91 Å². The summed E-state index contributed by atoms with van der Waals surface area (Å²) < 4.78 is 5.30. The fourth-order valence-electron chi connectivity index (χ4n) is 3.92. The summed E-state index contributed by atoms with van der Waals surface area (Å²) in [6, 6.07) is 12.5. The summed E-state index contributed by atoms with van der Waals surface area (Å²) in [6.07, 6.45) is -0.311. The van der Waals surface area contributed by atoms with Crippen LogP contribution in [-0.4, -0.2) is 51.7 Å². The third kappa shape index (κ3) is 8.05. The number of anilines is 1. The highest BCUT2D eigenvalue weighted by atomic mass is 16.6. The third-order valence-corrected chi connectivity index (χ3v) is 6.19. The largest absolute Gasteiger partial charge is 0.444 e. The highest BCUT2D eigenvalue weighted by molar-refractivity contribution is 5.99. The van der Waals surface area contributed by atoms with Crippen LogP contribution in [0.3, 0.4) is 0 Å². The van der Waals surface area contributed by atoms with E-state index < -0.39 is 47.7 Å². The Labute approximate surface area is 220 Å². The molecule has 0 saturated carbocycles. The molecule has 2 atom stereocenters. The van der Waals surface area contributed by atoms with Crippen LogP contribution < -0.4 is 10.6 Å². The monoisotopic (exact) mass is 511 g/mol.